The monoisotopic (exact) mass is 235 g/mol. The van der Waals surface area contributed by atoms with Gasteiger partial charge in [0.25, 0.3) is 0 Å². The fourth-order valence-electron chi connectivity index (χ4n) is 1.02. The molecule has 16 heavy (non-hydrogen) atoms. The van der Waals surface area contributed by atoms with Gasteiger partial charge in [-0.3, -0.25) is 0 Å². The third kappa shape index (κ3) is 4.33. The van der Waals surface area contributed by atoms with E-state index in [1.54, 1.807) is 19.9 Å². The van der Waals surface area contributed by atoms with E-state index in [1.165, 1.54) is 0 Å². The smallest absolute Gasteiger partial charge is 0.405 e. The molecule has 0 fully saturated rings. The Morgan fingerprint density at radius 1 is 1.38 bits per heavy atom. The van der Waals surface area contributed by atoms with Crippen LogP contribution < -0.4 is 10.1 Å². The van der Waals surface area contributed by atoms with E-state index in [-0.39, 0.29) is 11.8 Å². The molecule has 0 aliphatic heterocycles. The van der Waals surface area contributed by atoms with Gasteiger partial charge in [0.2, 0.25) is 11.8 Å². The molecule has 0 amide bonds. The number of rotatable bonds is 4. The van der Waals surface area contributed by atoms with E-state index in [2.05, 4.69) is 15.3 Å². The van der Waals surface area contributed by atoms with Gasteiger partial charge in [-0.2, -0.15) is 18.2 Å². The van der Waals surface area contributed by atoms with E-state index in [4.69, 9.17) is 4.74 Å². The first kappa shape index (κ1) is 12.5. The lowest BCUT2D eigenvalue weighted by atomic mass is 10.4. The largest absolute Gasteiger partial charge is 0.478 e. The molecule has 4 nitrogen and oxygen atoms in total. The molecule has 0 saturated heterocycles. The maximum Gasteiger partial charge on any atom is 0.405 e. The Balaban J connectivity index is 2.72. The molecule has 0 atom stereocenters. The Bertz CT molecular complexity index is 354. The van der Waals surface area contributed by atoms with Gasteiger partial charge in [0, 0.05) is 11.8 Å². The van der Waals surface area contributed by atoms with Crippen LogP contribution in [0.25, 0.3) is 0 Å². The first-order valence-corrected chi connectivity index (χ1v) is 4.70. The first-order valence-electron chi connectivity index (χ1n) is 4.70. The minimum absolute atomic E-state index is 0.0826. The number of anilines is 1. The van der Waals surface area contributed by atoms with Gasteiger partial charge in [0.15, 0.2) is 0 Å². The van der Waals surface area contributed by atoms with Crippen molar-refractivity contribution in [2.24, 2.45) is 0 Å². The number of hydrogen-bond donors (Lipinski definition) is 1. The molecule has 1 heterocycles. The summed E-state index contributed by atoms with van der Waals surface area (Å²) in [6.07, 6.45) is -4.29. The third-order valence-electron chi connectivity index (χ3n) is 1.57. The van der Waals surface area contributed by atoms with Crippen LogP contribution in [0.2, 0.25) is 0 Å². The summed E-state index contributed by atoms with van der Waals surface area (Å²) < 4.78 is 40.9. The zero-order chi connectivity index (χ0) is 12.2. The van der Waals surface area contributed by atoms with Crippen molar-refractivity contribution in [3.8, 4) is 5.88 Å². The number of nitrogens with zero attached hydrogens (tertiary/aromatic N) is 2. The predicted molar refractivity (Wildman–Crippen MR) is 52.5 cm³/mol. The van der Waals surface area contributed by atoms with Gasteiger partial charge in [-0.1, -0.05) is 0 Å². The molecule has 7 heteroatoms. The summed E-state index contributed by atoms with van der Waals surface area (Å²) in [7, 11) is 0. The molecule has 0 aliphatic carbocycles. The van der Waals surface area contributed by atoms with E-state index >= 15 is 0 Å². The van der Waals surface area contributed by atoms with Crippen LogP contribution in [0.3, 0.4) is 0 Å². The van der Waals surface area contributed by atoms with Crippen molar-refractivity contribution < 1.29 is 17.9 Å². The predicted octanol–water partition coefficient (Wildman–Crippen LogP) is 2.16. The maximum atomic E-state index is 11.9. The standard InChI is InChI=1S/C9H12F3N3O/c1-3-16-7-4-6(2)14-8(15-7)13-5-9(10,11)12/h4H,3,5H2,1-2H3,(H,13,14,15). The summed E-state index contributed by atoms with van der Waals surface area (Å²) in [6, 6.07) is 1.56. The molecule has 0 saturated carbocycles. The van der Waals surface area contributed by atoms with Crippen molar-refractivity contribution in [2.75, 3.05) is 18.5 Å². The van der Waals surface area contributed by atoms with Crippen LogP contribution in [-0.4, -0.2) is 29.3 Å². The molecular weight excluding hydrogens is 223 g/mol. The fourth-order valence-corrected chi connectivity index (χ4v) is 1.02. The number of halogens is 3. The third-order valence-corrected chi connectivity index (χ3v) is 1.57. The Hall–Kier alpha value is -1.53. The highest BCUT2D eigenvalue weighted by molar-refractivity contribution is 5.30. The average molecular weight is 235 g/mol. The summed E-state index contributed by atoms with van der Waals surface area (Å²) in [5, 5.41) is 2.10. The molecule has 1 N–H and O–H groups in total. The van der Waals surface area contributed by atoms with E-state index in [0.717, 1.165) is 0 Å². The van der Waals surface area contributed by atoms with Gasteiger partial charge in [-0.25, -0.2) is 4.98 Å². The maximum absolute atomic E-state index is 11.9. The van der Waals surface area contributed by atoms with Crippen molar-refractivity contribution in [2.45, 2.75) is 20.0 Å². The van der Waals surface area contributed by atoms with Crippen LogP contribution in [0.4, 0.5) is 19.1 Å². The Morgan fingerprint density at radius 2 is 2.06 bits per heavy atom. The molecule has 0 aromatic carbocycles. The Kier molecular flexibility index (Phi) is 3.92. The lowest BCUT2D eigenvalue weighted by Crippen LogP contribution is -2.22. The molecule has 90 valence electrons. The Morgan fingerprint density at radius 3 is 2.62 bits per heavy atom. The summed E-state index contributed by atoms with van der Waals surface area (Å²) in [6.45, 7) is 2.65. The van der Waals surface area contributed by atoms with Gasteiger partial charge in [0.05, 0.1) is 6.61 Å². The molecular formula is C9H12F3N3O. The molecule has 0 unspecified atom stereocenters. The zero-order valence-corrected chi connectivity index (χ0v) is 8.93. The minimum atomic E-state index is -4.29. The molecule has 1 aromatic heterocycles. The fraction of sp³-hybridized carbons (Fsp3) is 0.556. The summed E-state index contributed by atoms with van der Waals surface area (Å²) in [5.41, 5.74) is 0.545. The number of hydrogen-bond acceptors (Lipinski definition) is 4. The molecule has 1 rings (SSSR count). The second-order valence-corrected chi connectivity index (χ2v) is 3.07. The van der Waals surface area contributed by atoms with E-state index in [9.17, 15) is 13.2 Å². The van der Waals surface area contributed by atoms with Crippen molar-refractivity contribution in [3.05, 3.63) is 11.8 Å². The van der Waals surface area contributed by atoms with Gasteiger partial charge in [-0.15, -0.1) is 0 Å². The van der Waals surface area contributed by atoms with Crippen LogP contribution in [0.1, 0.15) is 12.6 Å². The molecule has 0 bridgehead atoms. The van der Waals surface area contributed by atoms with Crippen LogP contribution >= 0.6 is 0 Å². The van der Waals surface area contributed by atoms with Crippen LogP contribution in [0, 0.1) is 6.92 Å². The second-order valence-electron chi connectivity index (χ2n) is 3.07. The topological polar surface area (TPSA) is 47.0 Å². The molecule has 0 spiro atoms. The normalized spacial score (nSPS) is 11.3. The van der Waals surface area contributed by atoms with Crippen molar-refractivity contribution in [3.63, 3.8) is 0 Å². The second kappa shape index (κ2) is 5.00. The van der Waals surface area contributed by atoms with E-state index in [0.29, 0.717) is 12.3 Å². The number of alkyl halides is 3. The average Bonchev–Trinajstić information content (AvgIpc) is 2.13. The quantitative estimate of drug-likeness (QED) is 0.868. The van der Waals surface area contributed by atoms with Gasteiger partial charge in [0.1, 0.15) is 6.54 Å². The highest BCUT2D eigenvalue weighted by Gasteiger charge is 2.27. The van der Waals surface area contributed by atoms with E-state index < -0.39 is 12.7 Å². The summed E-state index contributed by atoms with van der Waals surface area (Å²) in [4.78, 5) is 7.60. The molecule has 0 aliphatic rings. The van der Waals surface area contributed by atoms with Crippen LogP contribution in [0.15, 0.2) is 6.07 Å². The zero-order valence-electron chi connectivity index (χ0n) is 8.93. The summed E-state index contributed by atoms with van der Waals surface area (Å²) in [5.74, 6) is 0.181. The molecule has 0 radical (unpaired) electrons. The number of ether oxygens (including phenoxy) is 1. The molecule has 1 aromatic rings. The Labute approximate surface area is 90.9 Å². The van der Waals surface area contributed by atoms with Crippen molar-refractivity contribution in [1.82, 2.24) is 9.97 Å². The first-order chi connectivity index (χ1) is 7.40. The van der Waals surface area contributed by atoms with Gasteiger partial charge < -0.3 is 10.1 Å². The van der Waals surface area contributed by atoms with Crippen molar-refractivity contribution >= 4 is 5.95 Å². The number of nitrogens with one attached hydrogen (secondary N) is 1. The summed E-state index contributed by atoms with van der Waals surface area (Å²) >= 11 is 0. The van der Waals surface area contributed by atoms with Crippen LogP contribution in [-0.2, 0) is 0 Å². The minimum Gasteiger partial charge on any atom is -0.478 e. The number of aryl methyl sites for hydroxylation is 1. The van der Waals surface area contributed by atoms with Crippen LogP contribution in [0.5, 0.6) is 5.88 Å². The number of aromatic nitrogens is 2. The highest BCUT2D eigenvalue weighted by atomic mass is 19.4. The lowest BCUT2D eigenvalue weighted by Gasteiger charge is -2.10. The van der Waals surface area contributed by atoms with Gasteiger partial charge >= 0.3 is 6.18 Å². The van der Waals surface area contributed by atoms with E-state index in [1.807, 2.05) is 0 Å². The highest BCUT2D eigenvalue weighted by Crippen LogP contribution is 2.16. The van der Waals surface area contributed by atoms with Crippen molar-refractivity contribution in [1.29, 1.82) is 0 Å². The van der Waals surface area contributed by atoms with Gasteiger partial charge in [-0.05, 0) is 13.8 Å². The lowest BCUT2D eigenvalue weighted by molar-refractivity contribution is -0.115. The SMILES string of the molecule is CCOc1cc(C)nc(NCC(F)(F)F)n1.